The van der Waals surface area contributed by atoms with Gasteiger partial charge < -0.3 is 20.5 Å². The summed E-state index contributed by atoms with van der Waals surface area (Å²) in [6, 6.07) is 1.00. The first-order valence-corrected chi connectivity index (χ1v) is 6.41. The Labute approximate surface area is 98.8 Å². The number of hydrogen-bond donors (Lipinski definition) is 3. The van der Waals surface area contributed by atoms with Gasteiger partial charge in [-0.2, -0.15) is 0 Å². The lowest BCUT2D eigenvalue weighted by Crippen LogP contribution is -2.45. The molecule has 3 unspecified atom stereocenters. The zero-order valence-electron chi connectivity index (χ0n) is 10.5. The molecule has 1 aliphatic heterocycles. The summed E-state index contributed by atoms with van der Waals surface area (Å²) in [7, 11) is 0. The van der Waals surface area contributed by atoms with E-state index in [1.807, 2.05) is 6.92 Å². The molecule has 4 nitrogen and oxygen atoms in total. The van der Waals surface area contributed by atoms with Crippen molar-refractivity contribution in [3.05, 3.63) is 0 Å². The van der Waals surface area contributed by atoms with Crippen LogP contribution >= 0.6 is 0 Å². The van der Waals surface area contributed by atoms with Crippen LogP contribution in [0.4, 0.5) is 0 Å². The van der Waals surface area contributed by atoms with Crippen LogP contribution in [-0.2, 0) is 4.74 Å². The molecule has 0 aromatic carbocycles. The quantitative estimate of drug-likeness (QED) is 0.558. The van der Waals surface area contributed by atoms with Gasteiger partial charge in [0.1, 0.15) is 0 Å². The molecule has 1 aliphatic rings. The summed E-state index contributed by atoms with van der Waals surface area (Å²) in [6.45, 7) is 7.68. The predicted molar refractivity (Wildman–Crippen MR) is 65.6 cm³/mol. The van der Waals surface area contributed by atoms with E-state index in [1.54, 1.807) is 0 Å². The molecule has 16 heavy (non-hydrogen) atoms. The van der Waals surface area contributed by atoms with Crippen molar-refractivity contribution in [3.8, 4) is 0 Å². The predicted octanol–water partition coefficient (Wildman–Crippen LogP) is 0.504. The molecule has 0 radical (unpaired) electrons. The molecule has 1 fully saturated rings. The second-order valence-electron chi connectivity index (χ2n) is 4.81. The van der Waals surface area contributed by atoms with Gasteiger partial charge in [-0.3, -0.25) is 0 Å². The first-order valence-electron chi connectivity index (χ1n) is 6.41. The van der Waals surface area contributed by atoms with Crippen LogP contribution in [0.2, 0.25) is 0 Å². The summed E-state index contributed by atoms with van der Waals surface area (Å²) in [5.74, 6) is 0. The van der Waals surface area contributed by atoms with Crippen molar-refractivity contribution in [2.24, 2.45) is 0 Å². The van der Waals surface area contributed by atoms with Gasteiger partial charge in [-0.1, -0.05) is 0 Å². The number of morpholine rings is 1. The van der Waals surface area contributed by atoms with Crippen molar-refractivity contribution in [1.29, 1.82) is 0 Å². The van der Waals surface area contributed by atoms with Gasteiger partial charge in [0.15, 0.2) is 0 Å². The van der Waals surface area contributed by atoms with E-state index in [4.69, 9.17) is 9.84 Å². The lowest BCUT2D eigenvalue weighted by molar-refractivity contribution is 0.0712. The fourth-order valence-electron chi connectivity index (χ4n) is 2.03. The Kier molecular flexibility index (Phi) is 6.96. The summed E-state index contributed by atoms with van der Waals surface area (Å²) < 4.78 is 5.42. The van der Waals surface area contributed by atoms with Crippen LogP contribution in [0.15, 0.2) is 0 Å². The van der Waals surface area contributed by atoms with Crippen molar-refractivity contribution >= 4 is 0 Å². The molecule has 0 amide bonds. The minimum absolute atomic E-state index is 0.175. The molecule has 0 aromatic heterocycles. The van der Waals surface area contributed by atoms with Gasteiger partial charge in [0.05, 0.1) is 19.3 Å². The summed E-state index contributed by atoms with van der Waals surface area (Å²) in [4.78, 5) is 0. The van der Waals surface area contributed by atoms with Crippen molar-refractivity contribution in [3.63, 3.8) is 0 Å². The molecule has 1 heterocycles. The minimum Gasteiger partial charge on any atom is -0.393 e. The van der Waals surface area contributed by atoms with Crippen molar-refractivity contribution in [2.45, 2.75) is 51.3 Å². The largest absolute Gasteiger partial charge is 0.393 e. The van der Waals surface area contributed by atoms with Crippen molar-refractivity contribution < 1.29 is 9.84 Å². The topological polar surface area (TPSA) is 53.5 Å². The number of nitrogens with one attached hydrogen (secondary N) is 2. The summed E-state index contributed by atoms with van der Waals surface area (Å²) in [5, 5.41) is 16.1. The van der Waals surface area contributed by atoms with Crippen LogP contribution in [0.5, 0.6) is 0 Å². The van der Waals surface area contributed by atoms with Crippen LogP contribution in [0, 0.1) is 0 Å². The maximum absolute atomic E-state index is 9.12. The number of ether oxygens (including phenoxy) is 1. The minimum atomic E-state index is -0.175. The normalized spacial score (nSPS) is 25.3. The Bertz CT molecular complexity index is 170. The molecule has 96 valence electrons. The van der Waals surface area contributed by atoms with Crippen LogP contribution in [0.25, 0.3) is 0 Å². The molecule has 4 heteroatoms. The average molecular weight is 230 g/mol. The van der Waals surface area contributed by atoms with E-state index in [0.29, 0.717) is 12.1 Å². The van der Waals surface area contributed by atoms with E-state index in [9.17, 15) is 0 Å². The fraction of sp³-hybridized carbons (Fsp3) is 1.00. The number of aliphatic hydroxyl groups is 1. The fourth-order valence-corrected chi connectivity index (χ4v) is 2.03. The lowest BCUT2D eigenvalue weighted by atomic mass is 10.1. The second kappa shape index (κ2) is 8.01. The first kappa shape index (κ1) is 13.9. The van der Waals surface area contributed by atoms with E-state index >= 15 is 0 Å². The highest BCUT2D eigenvalue weighted by molar-refractivity contribution is 4.75. The third-order valence-electron chi connectivity index (χ3n) is 2.93. The average Bonchev–Trinajstić information content (AvgIpc) is 2.25. The molecule has 0 bridgehead atoms. The van der Waals surface area contributed by atoms with E-state index in [0.717, 1.165) is 45.6 Å². The van der Waals surface area contributed by atoms with Crippen LogP contribution in [0.3, 0.4) is 0 Å². The molecular weight excluding hydrogens is 204 g/mol. The van der Waals surface area contributed by atoms with E-state index < -0.39 is 0 Å². The van der Waals surface area contributed by atoms with Crippen LogP contribution < -0.4 is 10.6 Å². The number of aliphatic hydroxyl groups excluding tert-OH is 1. The Hall–Kier alpha value is -0.160. The zero-order valence-corrected chi connectivity index (χ0v) is 10.5. The van der Waals surface area contributed by atoms with Crippen molar-refractivity contribution in [1.82, 2.24) is 10.6 Å². The number of rotatable bonds is 7. The molecule has 0 aliphatic carbocycles. The van der Waals surface area contributed by atoms with Crippen molar-refractivity contribution in [2.75, 3.05) is 26.3 Å². The SMILES string of the molecule is CC(O)CCCNC(C)CC1COCCN1. The molecule has 3 atom stereocenters. The third-order valence-corrected chi connectivity index (χ3v) is 2.93. The standard InChI is InChI=1S/C12H26N2O2/c1-10(13-5-3-4-11(2)15)8-12-9-16-7-6-14-12/h10-15H,3-9H2,1-2H3. The monoisotopic (exact) mass is 230 g/mol. The van der Waals surface area contributed by atoms with Gasteiger partial charge in [-0.05, 0) is 39.7 Å². The van der Waals surface area contributed by atoms with E-state index in [2.05, 4.69) is 17.6 Å². The molecule has 3 N–H and O–H groups in total. The van der Waals surface area contributed by atoms with Crippen LogP contribution in [-0.4, -0.2) is 49.6 Å². The maximum atomic E-state index is 9.12. The number of hydrogen-bond acceptors (Lipinski definition) is 4. The van der Waals surface area contributed by atoms with Gasteiger partial charge in [0.25, 0.3) is 0 Å². The van der Waals surface area contributed by atoms with Crippen LogP contribution in [0.1, 0.15) is 33.1 Å². The molecule has 1 saturated heterocycles. The lowest BCUT2D eigenvalue weighted by Gasteiger charge is -2.26. The first-order chi connectivity index (χ1) is 7.68. The van der Waals surface area contributed by atoms with Gasteiger partial charge in [0.2, 0.25) is 0 Å². The van der Waals surface area contributed by atoms with Gasteiger partial charge in [0, 0.05) is 18.6 Å². The highest BCUT2D eigenvalue weighted by atomic mass is 16.5. The molecule has 0 saturated carbocycles. The Morgan fingerprint density at radius 3 is 2.94 bits per heavy atom. The van der Waals surface area contributed by atoms with E-state index in [1.165, 1.54) is 0 Å². The van der Waals surface area contributed by atoms with E-state index in [-0.39, 0.29) is 6.10 Å². The van der Waals surface area contributed by atoms with Gasteiger partial charge >= 0.3 is 0 Å². The maximum Gasteiger partial charge on any atom is 0.0620 e. The van der Waals surface area contributed by atoms with Gasteiger partial charge in [-0.25, -0.2) is 0 Å². The summed E-state index contributed by atoms with van der Waals surface area (Å²) in [6.07, 6.45) is 2.85. The highest BCUT2D eigenvalue weighted by Crippen LogP contribution is 2.03. The molecule has 0 aromatic rings. The Balaban J connectivity index is 1.99. The zero-order chi connectivity index (χ0) is 11.8. The highest BCUT2D eigenvalue weighted by Gasteiger charge is 2.15. The molecule has 0 spiro atoms. The smallest absolute Gasteiger partial charge is 0.0620 e. The summed E-state index contributed by atoms with van der Waals surface area (Å²) in [5.41, 5.74) is 0. The Morgan fingerprint density at radius 1 is 1.50 bits per heavy atom. The Morgan fingerprint density at radius 2 is 2.31 bits per heavy atom. The molecule has 1 rings (SSSR count). The summed E-state index contributed by atoms with van der Waals surface area (Å²) >= 11 is 0. The molecular formula is C12H26N2O2. The van der Waals surface area contributed by atoms with Gasteiger partial charge in [-0.15, -0.1) is 0 Å². The third kappa shape index (κ3) is 6.43. The second-order valence-corrected chi connectivity index (χ2v) is 4.81.